The molecule has 1 atom stereocenters. The fourth-order valence-corrected chi connectivity index (χ4v) is 2.35. The summed E-state index contributed by atoms with van der Waals surface area (Å²) in [6.07, 6.45) is 0. The predicted octanol–water partition coefficient (Wildman–Crippen LogP) is 1.42. The lowest BCUT2D eigenvalue weighted by Gasteiger charge is -2.08. The van der Waals surface area contributed by atoms with Crippen molar-refractivity contribution in [2.24, 2.45) is 12.8 Å². The molecule has 1 aromatic heterocycles. The van der Waals surface area contributed by atoms with Gasteiger partial charge in [0.15, 0.2) is 0 Å². The molecule has 5 nitrogen and oxygen atoms in total. The summed E-state index contributed by atoms with van der Waals surface area (Å²) in [7, 11) is 1.79. The number of benzene rings is 1. The molecule has 0 spiro atoms. The second-order valence-electron chi connectivity index (χ2n) is 3.47. The Hall–Kier alpha value is -1.40. The quantitative estimate of drug-likeness (QED) is 0.873. The molecule has 0 radical (unpaired) electrons. The number of carboxylic acid groups (broad SMARTS) is 1. The first-order valence-corrected chi connectivity index (χ1v) is 5.41. The maximum Gasteiger partial charge on any atom is 0.325 e. The van der Waals surface area contributed by atoms with Crippen LogP contribution < -0.4 is 5.73 Å². The van der Waals surface area contributed by atoms with Gasteiger partial charge in [-0.25, -0.2) is 0 Å². The Labute approximate surface area is 100.0 Å². The van der Waals surface area contributed by atoms with Gasteiger partial charge in [-0.15, -0.1) is 0 Å². The van der Waals surface area contributed by atoms with Gasteiger partial charge in [0, 0.05) is 12.4 Å². The molecular formula is C10H10BrN3O2. The van der Waals surface area contributed by atoms with Crippen molar-refractivity contribution in [1.82, 2.24) is 9.78 Å². The lowest BCUT2D eigenvalue weighted by Crippen LogP contribution is -2.20. The van der Waals surface area contributed by atoms with E-state index in [1.807, 2.05) is 6.07 Å². The summed E-state index contributed by atoms with van der Waals surface area (Å²) >= 11 is 3.31. The zero-order chi connectivity index (χ0) is 11.9. The summed E-state index contributed by atoms with van der Waals surface area (Å²) in [5.41, 5.74) is 7.03. The zero-order valence-electron chi connectivity index (χ0n) is 8.51. The van der Waals surface area contributed by atoms with E-state index in [1.165, 1.54) is 0 Å². The van der Waals surface area contributed by atoms with E-state index in [1.54, 1.807) is 23.9 Å². The van der Waals surface area contributed by atoms with Gasteiger partial charge in [-0.3, -0.25) is 9.48 Å². The van der Waals surface area contributed by atoms with Crippen molar-refractivity contribution in [1.29, 1.82) is 0 Å². The molecule has 0 aliphatic carbocycles. The van der Waals surface area contributed by atoms with Gasteiger partial charge in [0.05, 0.1) is 5.52 Å². The number of aromatic nitrogens is 2. The Kier molecular flexibility index (Phi) is 2.69. The Balaban J connectivity index is 2.75. The van der Waals surface area contributed by atoms with E-state index < -0.39 is 12.0 Å². The van der Waals surface area contributed by atoms with E-state index in [-0.39, 0.29) is 0 Å². The third kappa shape index (κ3) is 1.60. The number of halogens is 1. The number of nitrogens with two attached hydrogens (primary N) is 1. The van der Waals surface area contributed by atoms with Crippen molar-refractivity contribution in [2.45, 2.75) is 6.04 Å². The minimum atomic E-state index is -1.05. The molecule has 0 bridgehead atoms. The van der Waals surface area contributed by atoms with Crippen LogP contribution in [-0.2, 0) is 11.8 Å². The Morgan fingerprint density at radius 3 is 2.94 bits per heavy atom. The standard InChI is InChI=1S/C10H10BrN3O2/c1-14-6-4-2-3-5(8(12)10(15)16)7(6)9(11)13-14/h2-4,8H,12H2,1H3,(H,15,16). The number of carbonyl (C=O) groups is 1. The number of carboxylic acids is 1. The smallest absolute Gasteiger partial charge is 0.325 e. The van der Waals surface area contributed by atoms with Gasteiger partial charge < -0.3 is 10.8 Å². The lowest BCUT2D eigenvalue weighted by molar-refractivity contribution is -0.138. The van der Waals surface area contributed by atoms with Crippen LogP contribution in [0, 0.1) is 0 Å². The number of nitrogens with zero attached hydrogens (tertiary/aromatic N) is 2. The lowest BCUT2D eigenvalue weighted by atomic mass is 10.0. The first-order valence-electron chi connectivity index (χ1n) is 4.62. The molecule has 1 unspecified atom stereocenters. The minimum Gasteiger partial charge on any atom is -0.480 e. The highest BCUT2D eigenvalue weighted by Gasteiger charge is 2.20. The van der Waals surface area contributed by atoms with Gasteiger partial charge in [-0.2, -0.15) is 5.10 Å². The molecule has 0 saturated carbocycles. The van der Waals surface area contributed by atoms with Crippen molar-refractivity contribution >= 4 is 32.8 Å². The first-order chi connectivity index (χ1) is 7.52. The molecule has 0 saturated heterocycles. The minimum absolute atomic E-state index is 0.560. The van der Waals surface area contributed by atoms with E-state index in [9.17, 15) is 4.79 Å². The van der Waals surface area contributed by atoms with Gasteiger partial charge in [-0.1, -0.05) is 12.1 Å². The van der Waals surface area contributed by atoms with Crippen molar-refractivity contribution in [2.75, 3.05) is 0 Å². The summed E-state index contributed by atoms with van der Waals surface area (Å²) in [6, 6.07) is 4.30. The number of hydrogen-bond acceptors (Lipinski definition) is 3. The van der Waals surface area contributed by atoms with Gasteiger partial charge in [0.25, 0.3) is 0 Å². The first kappa shape index (κ1) is 11.1. The van der Waals surface area contributed by atoms with Crippen molar-refractivity contribution in [3.63, 3.8) is 0 Å². The highest BCUT2D eigenvalue weighted by molar-refractivity contribution is 9.10. The van der Waals surface area contributed by atoms with Crippen molar-refractivity contribution in [3.8, 4) is 0 Å². The number of hydrogen-bond donors (Lipinski definition) is 2. The average molecular weight is 284 g/mol. The molecule has 1 aromatic carbocycles. The molecule has 84 valence electrons. The highest BCUT2D eigenvalue weighted by atomic mass is 79.9. The molecular weight excluding hydrogens is 274 g/mol. The molecule has 2 rings (SSSR count). The molecule has 0 amide bonds. The van der Waals surface area contributed by atoms with Crippen LogP contribution in [0.1, 0.15) is 11.6 Å². The van der Waals surface area contributed by atoms with Crippen LogP contribution in [0.15, 0.2) is 22.8 Å². The second kappa shape index (κ2) is 3.88. The van der Waals surface area contributed by atoms with E-state index in [0.717, 1.165) is 10.9 Å². The van der Waals surface area contributed by atoms with Crippen LogP contribution in [0.4, 0.5) is 0 Å². The third-order valence-electron chi connectivity index (χ3n) is 2.47. The molecule has 0 aliphatic heterocycles. The molecule has 0 aliphatic rings. The number of aliphatic carboxylic acids is 1. The van der Waals surface area contributed by atoms with E-state index in [0.29, 0.717) is 10.2 Å². The Morgan fingerprint density at radius 2 is 2.31 bits per heavy atom. The topological polar surface area (TPSA) is 81.1 Å². The fraction of sp³-hybridized carbons (Fsp3) is 0.200. The molecule has 0 fully saturated rings. The van der Waals surface area contributed by atoms with Crippen LogP contribution in [0.5, 0.6) is 0 Å². The zero-order valence-corrected chi connectivity index (χ0v) is 10.1. The summed E-state index contributed by atoms with van der Waals surface area (Å²) in [6.45, 7) is 0. The molecule has 6 heteroatoms. The normalized spacial score (nSPS) is 12.9. The van der Waals surface area contributed by atoms with Gasteiger partial charge in [-0.05, 0) is 27.6 Å². The predicted molar refractivity (Wildman–Crippen MR) is 63.0 cm³/mol. The summed E-state index contributed by atoms with van der Waals surface area (Å²) in [5.74, 6) is -1.05. The Morgan fingerprint density at radius 1 is 1.62 bits per heavy atom. The van der Waals surface area contributed by atoms with E-state index >= 15 is 0 Å². The van der Waals surface area contributed by atoms with E-state index in [2.05, 4.69) is 21.0 Å². The van der Waals surface area contributed by atoms with Gasteiger partial charge >= 0.3 is 5.97 Å². The molecule has 2 aromatic rings. The fourth-order valence-electron chi connectivity index (χ4n) is 1.68. The molecule has 1 heterocycles. The highest BCUT2D eigenvalue weighted by Crippen LogP contribution is 2.29. The Bertz CT molecular complexity index is 564. The van der Waals surface area contributed by atoms with Crippen molar-refractivity contribution in [3.05, 3.63) is 28.4 Å². The number of fused-ring (bicyclic) bond motifs is 1. The summed E-state index contributed by atoms with van der Waals surface area (Å²) < 4.78 is 2.29. The molecule has 3 N–H and O–H groups in total. The van der Waals surface area contributed by atoms with Crippen LogP contribution in [0.3, 0.4) is 0 Å². The summed E-state index contributed by atoms with van der Waals surface area (Å²) in [4.78, 5) is 10.9. The summed E-state index contributed by atoms with van der Waals surface area (Å²) in [5, 5.41) is 13.9. The monoisotopic (exact) mass is 283 g/mol. The third-order valence-corrected chi connectivity index (χ3v) is 3.02. The second-order valence-corrected chi connectivity index (χ2v) is 4.22. The SMILES string of the molecule is Cn1nc(Br)c2c(C(N)C(=O)O)cccc21. The van der Waals surface area contributed by atoms with Gasteiger partial charge in [0.1, 0.15) is 10.6 Å². The maximum atomic E-state index is 10.9. The van der Waals surface area contributed by atoms with Crippen LogP contribution in [0.25, 0.3) is 10.9 Å². The largest absolute Gasteiger partial charge is 0.480 e. The van der Waals surface area contributed by atoms with Crippen LogP contribution >= 0.6 is 15.9 Å². The molecule has 16 heavy (non-hydrogen) atoms. The number of aryl methyl sites for hydroxylation is 1. The van der Waals surface area contributed by atoms with E-state index in [4.69, 9.17) is 10.8 Å². The maximum absolute atomic E-state index is 10.9. The van der Waals surface area contributed by atoms with Crippen LogP contribution in [0.2, 0.25) is 0 Å². The van der Waals surface area contributed by atoms with Crippen molar-refractivity contribution < 1.29 is 9.90 Å². The average Bonchev–Trinajstić information content (AvgIpc) is 2.54. The van der Waals surface area contributed by atoms with Gasteiger partial charge in [0.2, 0.25) is 0 Å². The number of rotatable bonds is 2. The van der Waals surface area contributed by atoms with Crippen LogP contribution in [-0.4, -0.2) is 20.9 Å².